The molecule has 17 heteroatoms. The first kappa shape index (κ1) is 105. The summed E-state index contributed by atoms with van der Waals surface area (Å²) in [5.74, 6) is 16.7. The molecule has 16 nitrogen and oxygen atoms in total. The van der Waals surface area contributed by atoms with Crippen molar-refractivity contribution in [3.05, 3.63) is 423 Å². The molecule has 0 saturated heterocycles. The fourth-order valence-corrected chi connectivity index (χ4v) is 13.8. The van der Waals surface area contributed by atoms with E-state index in [9.17, 15) is 28.8 Å². The highest BCUT2D eigenvalue weighted by molar-refractivity contribution is 14.1. The van der Waals surface area contributed by atoms with Gasteiger partial charge in [0.1, 0.15) is 0 Å². The largest absolute Gasteiger partial charge is 0.400 e. The monoisotopic (exact) mass is 1820 g/mol. The third-order valence-corrected chi connectivity index (χ3v) is 21.3. The Balaban J connectivity index is 0.000000319. The Kier molecular flexibility index (Phi) is 48.7. The van der Waals surface area contributed by atoms with E-state index < -0.39 is 0 Å². The molecule has 3 heterocycles. The summed E-state index contributed by atoms with van der Waals surface area (Å²) in [5.41, 5.74) is 44.2. The van der Waals surface area contributed by atoms with Gasteiger partial charge in [0, 0.05) is 71.8 Å². The minimum atomic E-state index is -0.300. The van der Waals surface area contributed by atoms with Crippen molar-refractivity contribution in [1.82, 2.24) is 15.1 Å². The van der Waals surface area contributed by atoms with E-state index in [-0.39, 0.29) is 57.5 Å². The molecule has 0 atom stereocenters. The van der Waals surface area contributed by atoms with E-state index in [2.05, 4.69) is 219 Å². The first-order chi connectivity index (χ1) is 61.8. The summed E-state index contributed by atoms with van der Waals surface area (Å²) in [6.07, 6.45) is 21.8. The quantitative estimate of drug-likeness (QED) is 0.0154. The number of aryl methyl sites for hydroxylation is 11. The summed E-state index contributed by atoms with van der Waals surface area (Å²) in [4.78, 5) is 73.9. The van der Waals surface area contributed by atoms with Gasteiger partial charge in [-0.25, -0.2) is 11.1 Å². The maximum Gasteiger partial charge on any atom is 0.261 e. The van der Waals surface area contributed by atoms with Crippen LogP contribution in [0.15, 0.2) is 291 Å². The van der Waals surface area contributed by atoms with Gasteiger partial charge in [0.25, 0.3) is 35.4 Å². The molecule has 3 aliphatic rings. The fourth-order valence-electron chi connectivity index (χ4n) is 13.4. The molecule has 128 heavy (non-hydrogen) atoms. The van der Waals surface area contributed by atoms with Gasteiger partial charge in [-0.05, 0) is 312 Å². The molecule has 0 unspecified atom stereocenters. The van der Waals surface area contributed by atoms with Gasteiger partial charge in [-0.1, -0.05) is 231 Å². The van der Waals surface area contributed by atoms with E-state index in [4.69, 9.17) is 50.7 Å². The first-order valence-electron chi connectivity index (χ1n) is 42.2. The molecule has 6 amide bonds. The number of hydrogen-bond acceptors (Lipinski definition) is 13. The number of nitrogens with one attached hydrogen (secondary N) is 3. The van der Waals surface area contributed by atoms with Crippen LogP contribution in [0, 0.1) is 90.7 Å². The highest BCUT2D eigenvalue weighted by Gasteiger charge is 2.36. The van der Waals surface area contributed by atoms with E-state index >= 15 is 0 Å². The Morgan fingerprint density at radius 2 is 0.656 bits per heavy atom. The number of carbonyl (C=O) groups is 6. The topological polar surface area (TPSA) is 281 Å². The first-order valence-corrected chi connectivity index (χ1v) is 43.3. The van der Waals surface area contributed by atoms with Crippen molar-refractivity contribution in [3.63, 3.8) is 0 Å². The van der Waals surface area contributed by atoms with Gasteiger partial charge in [-0.3, -0.25) is 43.9 Å². The number of fused-ring (bicyclic) bond motifs is 3. The molecule has 0 saturated carbocycles. The number of aliphatic hydroxyl groups is 3. The summed E-state index contributed by atoms with van der Waals surface area (Å²) in [6, 6.07) is 95.0. The van der Waals surface area contributed by atoms with E-state index in [1.54, 1.807) is 79.7 Å². The van der Waals surface area contributed by atoms with Gasteiger partial charge >= 0.3 is 0 Å². The Labute approximate surface area is 772 Å². The molecule has 0 bridgehead atoms. The maximum atomic E-state index is 12.4. The number of imide groups is 3. The fraction of sp³-hybridized carbons (Fsp3) is 0.225. The molecule has 0 aliphatic carbocycles. The van der Waals surface area contributed by atoms with Crippen LogP contribution < -0.4 is 16.8 Å². The Morgan fingerprint density at radius 3 is 1.00 bits per heavy atom. The normalized spacial score (nSPS) is 11.0. The number of terminal acetylenes is 2. The molecule has 0 spiro atoms. The zero-order valence-electron chi connectivity index (χ0n) is 73.3. The lowest BCUT2D eigenvalue weighted by Gasteiger charge is -2.13. The predicted octanol–water partition coefficient (Wildman–Crippen LogP) is 20.3. The van der Waals surface area contributed by atoms with Crippen molar-refractivity contribution in [2.75, 3.05) is 46.5 Å². The van der Waals surface area contributed by atoms with Crippen molar-refractivity contribution >= 4 is 58.0 Å². The van der Waals surface area contributed by atoms with Crippen LogP contribution in [-0.4, -0.2) is 107 Å². The second kappa shape index (κ2) is 59.4. The van der Waals surface area contributed by atoms with Crippen molar-refractivity contribution in [3.8, 4) is 48.4 Å². The molecular weight excluding hydrogens is 1700 g/mol. The van der Waals surface area contributed by atoms with Gasteiger partial charge < -0.3 is 26.8 Å². The van der Waals surface area contributed by atoms with Crippen LogP contribution in [0.4, 0.5) is 0 Å². The number of halogens is 1. The van der Waals surface area contributed by atoms with Gasteiger partial charge in [-0.15, -0.1) is 12.8 Å². The van der Waals surface area contributed by atoms with Gasteiger partial charge in [-0.2, -0.15) is 0 Å². The van der Waals surface area contributed by atoms with Crippen LogP contribution in [0.5, 0.6) is 0 Å². The summed E-state index contributed by atoms with van der Waals surface area (Å²) < 4.78 is 1.34. The Hall–Kier alpha value is -13.6. The summed E-state index contributed by atoms with van der Waals surface area (Å²) in [5, 5.41) is 25.4. The number of rotatable bonds is 20. The number of hydrogen-bond donors (Lipinski definition) is 8. The zero-order chi connectivity index (χ0) is 92.1. The maximum absolute atomic E-state index is 12.4. The molecular formula is C111H120IN7O9. The van der Waals surface area contributed by atoms with Gasteiger partial charge in [0.15, 0.2) is 0 Å². The Morgan fingerprint density at radius 1 is 0.359 bits per heavy atom. The lowest BCUT2D eigenvalue weighted by molar-refractivity contribution is 0.0637. The van der Waals surface area contributed by atoms with Crippen LogP contribution >= 0.6 is 22.6 Å². The summed E-state index contributed by atoms with van der Waals surface area (Å²) in [7, 11) is 1.00. The minimum absolute atomic E-state index is 0. The van der Waals surface area contributed by atoms with Crippen LogP contribution in [0.2, 0.25) is 0 Å². The number of aliphatic hydroxyl groups excluding tert-OH is 3. The highest BCUT2D eigenvalue weighted by Crippen LogP contribution is 2.26. The number of amides is 6. The lowest BCUT2D eigenvalue weighted by atomic mass is 9.99. The SMILES string of the molecule is C.C#Cc1cccc(CCCN2C(=O)c3ccccc3C2=O)c1.C#Cc1cccc(CCCO)c1.CCO.CO.Cc1ccccc1C#Cc1cccc(CCCN)c1.Cc1ccccc1C#Cc1cccc(CCCN2C(=O)c3ccccc3C2=O)c1.Cc1ccccc1CCc1cccc(CCCN)c1.Cc1ccccc1I.N=N.O=C1NC(=O)c2ccccc21.[HH]. The minimum Gasteiger partial charge on any atom is -0.400 e. The second-order valence-electron chi connectivity index (χ2n) is 29.3. The predicted molar refractivity (Wildman–Crippen MR) is 529 cm³/mol. The third kappa shape index (κ3) is 34.8. The van der Waals surface area contributed by atoms with Crippen molar-refractivity contribution < 1.29 is 45.5 Å². The molecule has 0 radical (unpaired) electrons. The average Bonchev–Trinajstić information content (AvgIpc) is 1.66. The highest BCUT2D eigenvalue weighted by atomic mass is 127. The number of nitrogens with two attached hydrogens (primary N) is 2. The van der Waals surface area contributed by atoms with Crippen LogP contribution in [0.1, 0.15) is 205 Å². The van der Waals surface area contributed by atoms with Crippen LogP contribution in [0.25, 0.3) is 0 Å². The molecule has 3 aliphatic heterocycles. The molecule has 12 aromatic carbocycles. The van der Waals surface area contributed by atoms with E-state index in [0.29, 0.717) is 46.5 Å². The summed E-state index contributed by atoms with van der Waals surface area (Å²) in [6.45, 7) is 13.0. The molecule has 10 N–H and O–H groups in total. The number of carbonyl (C=O) groups excluding carboxylic acids is 6. The zero-order valence-corrected chi connectivity index (χ0v) is 75.5. The molecule has 660 valence electrons. The summed E-state index contributed by atoms with van der Waals surface area (Å²) >= 11 is 2.32. The molecule has 0 fully saturated rings. The Bertz CT molecular complexity index is 5680. The van der Waals surface area contributed by atoms with E-state index in [0.717, 1.165) is 147 Å². The molecule has 12 aromatic rings. The number of benzene rings is 12. The smallest absolute Gasteiger partial charge is 0.261 e. The lowest BCUT2D eigenvalue weighted by Crippen LogP contribution is -2.30. The van der Waals surface area contributed by atoms with Crippen molar-refractivity contribution in [1.29, 1.82) is 11.1 Å². The van der Waals surface area contributed by atoms with Crippen molar-refractivity contribution in [2.45, 2.75) is 119 Å². The average molecular weight is 1820 g/mol. The standard InChI is InChI=1S/C26H21NO2.C19H15NO2.C18H23N.C18H19N.C11H12O.C8H5NO2.C7H7I.C2H6O.CH4O.CH4.H2N2.H2/c1-19-8-2-3-12-22(19)16-15-21-10-6-9-20(18-21)11-7-17-27-25(28)23-13-4-5-14-24(23)26(27)29;1-2-14-7-5-8-15(13-14)9-6-12-20-18(21)16-10-3-4-11-17(16)19(20)22;2*1-15-6-2-3-10-18(15)12-11-17-8-4-7-16(14-17)9-5-13-19;1-2-10-5-3-6-11(9-10)7-4-8-12;10-7-5-3-1-2-4-6(5)8(11)9-7;1-6-4-2-3-5-7(6)8;1-2-3;1-2;;1-2;/h2-6,8-10,12-14,18H,7,11,17H2,1H3;1,3-5,7-8,10-11,13H,6,9,12H2;2-4,6-8,10,14H,5,9,11-13,19H2,1H3;2-4,6-8,10,14H,5,9,13,19H2,1H3;1,3,5-6,9,12H,4,7-8H2;1-4H,(H,9,10,11);2-5H,1H3;3H,2H2,1H3;2H,1H3;1H4;1-2H;1H. The van der Waals surface area contributed by atoms with Crippen molar-refractivity contribution in [2.24, 2.45) is 11.5 Å². The van der Waals surface area contributed by atoms with Crippen LogP contribution in [-0.2, 0) is 44.9 Å². The van der Waals surface area contributed by atoms with E-state index in [1.807, 2.05) is 91.0 Å². The van der Waals surface area contributed by atoms with Crippen LogP contribution in [0.3, 0.4) is 0 Å². The van der Waals surface area contributed by atoms with Gasteiger partial charge in [0.2, 0.25) is 0 Å². The third-order valence-electron chi connectivity index (χ3n) is 20.1. The molecule has 15 rings (SSSR count). The second-order valence-corrected chi connectivity index (χ2v) is 30.5. The van der Waals surface area contributed by atoms with Gasteiger partial charge in [0.05, 0.1) is 33.4 Å². The van der Waals surface area contributed by atoms with E-state index in [1.165, 1.54) is 57.9 Å². The number of nitrogens with zero attached hydrogens (tertiary/aromatic N) is 2. The molecule has 0 aromatic heterocycles.